The van der Waals surface area contributed by atoms with Crippen LogP contribution >= 0.6 is 0 Å². The van der Waals surface area contributed by atoms with Crippen molar-refractivity contribution in [3.8, 4) is 0 Å². The largest absolute Gasteiger partial charge is 0.478 e. The second kappa shape index (κ2) is 5.75. The highest BCUT2D eigenvalue weighted by molar-refractivity contribution is 7.84. The second-order valence-electron chi connectivity index (χ2n) is 4.89. The van der Waals surface area contributed by atoms with Gasteiger partial charge in [0.25, 0.3) is 0 Å². The predicted molar refractivity (Wildman–Crippen MR) is 79.6 cm³/mol. The lowest BCUT2D eigenvalue weighted by Crippen LogP contribution is -2.14. The molecule has 0 aliphatic carbocycles. The van der Waals surface area contributed by atoms with Crippen LogP contribution in [0.1, 0.15) is 29.5 Å². The van der Waals surface area contributed by atoms with E-state index in [1.807, 2.05) is 24.5 Å². The van der Waals surface area contributed by atoms with Crippen LogP contribution in [0.2, 0.25) is 0 Å². The zero-order chi connectivity index (χ0) is 14.9. The number of hydrogen-bond acceptors (Lipinski definition) is 3. The third kappa shape index (κ3) is 2.75. The van der Waals surface area contributed by atoms with Gasteiger partial charge in [0.05, 0.1) is 16.6 Å². The number of carboxylic acids is 1. The molecule has 1 heterocycles. The molecule has 0 spiro atoms. The van der Waals surface area contributed by atoms with Crippen LogP contribution in [0, 0.1) is 6.92 Å². The van der Waals surface area contributed by atoms with E-state index in [0.29, 0.717) is 17.6 Å². The third-order valence-corrected chi connectivity index (χ3v) is 4.88. The van der Waals surface area contributed by atoms with E-state index in [-0.39, 0.29) is 10.8 Å². The fraction of sp³-hybridized carbons (Fsp3) is 0.429. The van der Waals surface area contributed by atoms with Crippen LogP contribution < -0.4 is 0 Å². The molecule has 2 rings (SSSR count). The molecule has 0 amide bonds. The highest BCUT2D eigenvalue weighted by Crippen LogP contribution is 2.21. The molecule has 2 aromatic rings. The Balaban J connectivity index is 2.44. The number of aromatic nitrogens is 2. The Morgan fingerprint density at radius 1 is 1.50 bits per heavy atom. The molecule has 6 heteroatoms. The predicted octanol–water partition coefficient (Wildman–Crippen LogP) is 2.20. The minimum absolute atomic E-state index is 0.0730. The molecule has 20 heavy (non-hydrogen) atoms. The summed E-state index contributed by atoms with van der Waals surface area (Å²) in [5.41, 5.74) is 1.59. The molecule has 0 aliphatic heterocycles. The summed E-state index contributed by atoms with van der Waals surface area (Å²) in [6.45, 7) is 4.41. The normalized spacial score (nSPS) is 14.3. The summed E-state index contributed by atoms with van der Waals surface area (Å²) in [5.74, 6) is -0.174. The summed E-state index contributed by atoms with van der Waals surface area (Å²) in [6.07, 6.45) is 2.41. The van der Waals surface area contributed by atoms with E-state index in [9.17, 15) is 14.1 Å². The lowest BCUT2D eigenvalue weighted by molar-refractivity contribution is 0.0698. The topological polar surface area (TPSA) is 72.2 Å². The molecule has 1 aromatic heterocycles. The number of imidazole rings is 1. The van der Waals surface area contributed by atoms with E-state index in [1.54, 1.807) is 18.4 Å². The van der Waals surface area contributed by atoms with E-state index >= 15 is 0 Å². The molecule has 1 N–H and O–H groups in total. The van der Waals surface area contributed by atoms with Crippen LogP contribution in [0.4, 0.5) is 0 Å². The molecule has 0 fully saturated rings. The van der Waals surface area contributed by atoms with Gasteiger partial charge in [0.1, 0.15) is 5.82 Å². The molecule has 0 bridgehead atoms. The molecular formula is C14H18N2O3S. The highest BCUT2D eigenvalue weighted by atomic mass is 32.2. The summed E-state index contributed by atoms with van der Waals surface area (Å²) in [7, 11) is -0.876. The Bertz CT molecular complexity index is 678. The van der Waals surface area contributed by atoms with Crippen molar-refractivity contribution < 1.29 is 14.1 Å². The first-order valence-corrected chi connectivity index (χ1v) is 8.05. The molecule has 0 saturated carbocycles. The molecule has 0 aliphatic rings. The van der Waals surface area contributed by atoms with Gasteiger partial charge in [-0.3, -0.25) is 4.21 Å². The van der Waals surface area contributed by atoms with Gasteiger partial charge in [0.15, 0.2) is 0 Å². The number of aryl methyl sites for hydroxylation is 2. The van der Waals surface area contributed by atoms with Crippen LogP contribution in [0.25, 0.3) is 11.0 Å². The lowest BCUT2D eigenvalue weighted by atomic mass is 10.2. The van der Waals surface area contributed by atoms with Crippen LogP contribution in [0.5, 0.6) is 0 Å². The maximum absolute atomic E-state index is 11.4. The number of rotatable bonds is 5. The Morgan fingerprint density at radius 3 is 2.80 bits per heavy atom. The van der Waals surface area contributed by atoms with Gasteiger partial charge in [-0.25, -0.2) is 9.78 Å². The van der Waals surface area contributed by atoms with Crippen LogP contribution in [0.3, 0.4) is 0 Å². The van der Waals surface area contributed by atoms with Gasteiger partial charge in [-0.05, 0) is 25.5 Å². The van der Waals surface area contributed by atoms with E-state index in [1.165, 1.54) is 0 Å². The molecule has 0 saturated heterocycles. The number of hydrogen-bond donors (Lipinski definition) is 1. The van der Waals surface area contributed by atoms with Crippen molar-refractivity contribution in [2.24, 2.45) is 0 Å². The SMILES string of the molecule is Cc1nc2cccc(C(=O)O)c2n1CCC(C)S(C)=O. The minimum atomic E-state index is -0.955. The van der Waals surface area contributed by atoms with Crippen molar-refractivity contribution in [2.45, 2.75) is 32.1 Å². The minimum Gasteiger partial charge on any atom is -0.478 e. The van der Waals surface area contributed by atoms with Crippen molar-refractivity contribution in [3.05, 3.63) is 29.6 Å². The first-order valence-electron chi connectivity index (χ1n) is 6.43. The molecule has 0 radical (unpaired) electrons. The number of benzene rings is 1. The van der Waals surface area contributed by atoms with Gasteiger partial charge in [-0.1, -0.05) is 13.0 Å². The smallest absolute Gasteiger partial charge is 0.337 e. The highest BCUT2D eigenvalue weighted by Gasteiger charge is 2.16. The number of fused-ring (bicyclic) bond motifs is 1. The molecule has 2 unspecified atom stereocenters. The summed E-state index contributed by atoms with van der Waals surface area (Å²) in [6, 6.07) is 5.10. The third-order valence-electron chi connectivity index (χ3n) is 3.51. The fourth-order valence-electron chi connectivity index (χ4n) is 2.22. The summed E-state index contributed by atoms with van der Waals surface area (Å²) in [5, 5.41) is 9.37. The van der Waals surface area contributed by atoms with Gasteiger partial charge in [-0.2, -0.15) is 0 Å². The maximum atomic E-state index is 11.4. The van der Waals surface area contributed by atoms with Gasteiger partial charge >= 0.3 is 5.97 Å². The summed E-state index contributed by atoms with van der Waals surface area (Å²) < 4.78 is 13.3. The standard InChI is InChI=1S/C14H18N2O3S/c1-9(20(3)19)7-8-16-10(2)15-12-6-4-5-11(13(12)16)14(17)18/h4-6,9H,7-8H2,1-3H3,(H,17,18). The molecule has 1 aromatic carbocycles. The monoisotopic (exact) mass is 294 g/mol. The average molecular weight is 294 g/mol. The van der Waals surface area contributed by atoms with Crippen LogP contribution in [-0.4, -0.2) is 36.3 Å². The maximum Gasteiger partial charge on any atom is 0.337 e. The Kier molecular flexibility index (Phi) is 4.23. The van der Waals surface area contributed by atoms with Crippen LogP contribution in [-0.2, 0) is 17.3 Å². The summed E-state index contributed by atoms with van der Waals surface area (Å²) in [4.78, 5) is 15.7. The van der Waals surface area contributed by atoms with E-state index in [2.05, 4.69) is 4.98 Å². The average Bonchev–Trinajstić information content (AvgIpc) is 2.70. The first kappa shape index (κ1) is 14.7. The van der Waals surface area contributed by atoms with E-state index in [4.69, 9.17) is 0 Å². The number of carbonyl (C=O) groups is 1. The Labute approximate surface area is 120 Å². The molecule has 5 nitrogen and oxygen atoms in total. The number of carboxylic acid groups (broad SMARTS) is 1. The van der Waals surface area contributed by atoms with Crippen molar-refractivity contribution >= 4 is 27.8 Å². The van der Waals surface area contributed by atoms with Gasteiger partial charge in [-0.15, -0.1) is 0 Å². The Hall–Kier alpha value is -1.69. The summed E-state index contributed by atoms with van der Waals surface area (Å²) >= 11 is 0. The van der Waals surface area contributed by atoms with Crippen molar-refractivity contribution in [1.82, 2.24) is 9.55 Å². The van der Waals surface area contributed by atoms with Gasteiger partial charge in [0, 0.05) is 28.9 Å². The molecule has 108 valence electrons. The number of para-hydroxylation sites is 1. The lowest BCUT2D eigenvalue weighted by Gasteiger charge is -2.12. The van der Waals surface area contributed by atoms with E-state index < -0.39 is 16.8 Å². The van der Waals surface area contributed by atoms with Gasteiger partial charge < -0.3 is 9.67 Å². The quantitative estimate of drug-likeness (QED) is 0.917. The first-order chi connectivity index (χ1) is 9.41. The second-order valence-corrected chi connectivity index (χ2v) is 6.69. The van der Waals surface area contributed by atoms with Crippen LogP contribution in [0.15, 0.2) is 18.2 Å². The fourth-order valence-corrected chi connectivity index (χ4v) is 2.66. The number of aromatic carboxylic acids is 1. The molecular weight excluding hydrogens is 276 g/mol. The zero-order valence-electron chi connectivity index (χ0n) is 11.8. The van der Waals surface area contributed by atoms with Gasteiger partial charge in [0.2, 0.25) is 0 Å². The molecule has 2 atom stereocenters. The van der Waals surface area contributed by atoms with E-state index in [0.717, 1.165) is 12.2 Å². The Morgan fingerprint density at radius 2 is 2.20 bits per heavy atom. The number of nitrogens with zero attached hydrogens (tertiary/aromatic N) is 2. The zero-order valence-corrected chi connectivity index (χ0v) is 12.6. The van der Waals surface area contributed by atoms with Crippen molar-refractivity contribution in [2.75, 3.05) is 6.26 Å². The van der Waals surface area contributed by atoms with Crippen molar-refractivity contribution in [3.63, 3.8) is 0 Å². The van der Waals surface area contributed by atoms with Crippen molar-refractivity contribution in [1.29, 1.82) is 0 Å².